The van der Waals surface area contributed by atoms with Crippen molar-refractivity contribution < 1.29 is 18.0 Å². The van der Waals surface area contributed by atoms with Crippen LogP contribution >= 0.6 is 11.6 Å². The van der Waals surface area contributed by atoms with Crippen LogP contribution in [0.1, 0.15) is 29.3 Å². The van der Waals surface area contributed by atoms with E-state index in [1.807, 2.05) is 0 Å². The SMILES string of the molecule is CC[C@H](C(=O)Nc1ccccc1C(N)=O)N(c1ccc(C)c(Cl)c1)S(C)(=O)=O. The molecule has 2 aromatic carbocycles. The molecule has 2 rings (SSSR count). The first-order chi connectivity index (χ1) is 13.1. The number of nitrogens with zero attached hydrogens (tertiary/aromatic N) is 1. The minimum Gasteiger partial charge on any atom is -0.366 e. The van der Waals surface area contributed by atoms with Gasteiger partial charge in [-0.15, -0.1) is 0 Å². The molecule has 0 spiro atoms. The van der Waals surface area contributed by atoms with Crippen molar-refractivity contribution in [2.75, 3.05) is 15.9 Å². The van der Waals surface area contributed by atoms with E-state index in [-0.39, 0.29) is 23.4 Å². The molecule has 150 valence electrons. The van der Waals surface area contributed by atoms with E-state index in [0.29, 0.717) is 5.02 Å². The highest BCUT2D eigenvalue weighted by Gasteiger charge is 2.32. The van der Waals surface area contributed by atoms with Crippen LogP contribution in [0.3, 0.4) is 0 Å². The first kappa shape index (κ1) is 21.7. The molecule has 0 unspecified atom stereocenters. The molecular weight excluding hydrogens is 402 g/mol. The number of rotatable bonds is 7. The monoisotopic (exact) mass is 423 g/mol. The van der Waals surface area contributed by atoms with Crippen LogP contribution in [-0.2, 0) is 14.8 Å². The number of primary amides is 1. The number of halogens is 1. The number of aryl methyl sites for hydroxylation is 1. The second-order valence-corrected chi connectivity index (χ2v) is 8.58. The summed E-state index contributed by atoms with van der Waals surface area (Å²) in [6, 6.07) is 9.99. The summed E-state index contributed by atoms with van der Waals surface area (Å²) in [5, 5.41) is 3.00. The highest BCUT2D eigenvalue weighted by molar-refractivity contribution is 7.92. The molecule has 2 aromatic rings. The second-order valence-electron chi connectivity index (χ2n) is 6.32. The molecule has 9 heteroatoms. The summed E-state index contributed by atoms with van der Waals surface area (Å²) in [4.78, 5) is 24.5. The smallest absolute Gasteiger partial charge is 0.250 e. The summed E-state index contributed by atoms with van der Waals surface area (Å²) < 4.78 is 26.0. The molecule has 0 bridgehead atoms. The van der Waals surface area contributed by atoms with E-state index in [1.165, 1.54) is 18.2 Å². The van der Waals surface area contributed by atoms with Crippen LogP contribution in [0.5, 0.6) is 0 Å². The predicted molar refractivity (Wildman–Crippen MR) is 111 cm³/mol. The van der Waals surface area contributed by atoms with E-state index in [0.717, 1.165) is 16.1 Å². The van der Waals surface area contributed by atoms with Gasteiger partial charge in [-0.25, -0.2) is 8.42 Å². The van der Waals surface area contributed by atoms with Gasteiger partial charge in [0.15, 0.2) is 0 Å². The lowest BCUT2D eigenvalue weighted by Crippen LogP contribution is -2.47. The number of hydrogen-bond donors (Lipinski definition) is 2. The average Bonchev–Trinajstić information content (AvgIpc) is 2.61. The van der Waals surface area contributed by atoms with Gasteiger partial charge >= 0.3 is 0 Å². The van der Waals surface area contributed by atoms with Crippen LogP contribution in [0.4, 0.5) is 11.4 Å². The standard InChI is InChI=1S/C19H22ClN3O4S/c1-4-17(19(25)22-16-8-6-5-7-14(16)18(21)24)23(28(3,26)27)13-10-9-12(2)15(20)11-13/h5-11,17H,4H2,1-3H3,(H2,21,24)(H,22,25)/t17-/m1/s1. The fourth-order valence-electron chi connectivity index (χ4n) is 2.80. The highest BCUT2D eigenvalue weighted by atomic mass is 35.5. The van der Waals surface area contributed by atoms with Gasteiger partial charge in [0.05, 0.1) is 23.2 Å². The maximum atomic E-state index is 12.9. The first-order valence-electron chi connectivity index (χ1n) is 8.51. The number of nitrogens with two attached hydrogens (primary N) is 1. The zero-order valence-corrected chi connectivity index (χ0v) is 17.3. The van der Waals surface area contributed by atoms with Crippen LogP contribution in [0.2, 0.25) is 5.02 Å². The van der Waals surface area contributed by atoms with Gasteiger partial charge in [-0.3, -0.25) is 13.9 Å². The topological polar surface area (TPSA) is 110 Å². The second kappa shape index (κ2) is 8.62. The zero-order chi connectivity index (χ0) is 21.1. The van der Waals surface area contributed by atoms with Crippen LogP contribution < -0.4 is 15.4 Å². The lowest BCUT2D eigenvalue weighted by molar-refractivity contribution is -0.117. The number of carbonyl (C=O) groups is 2. The zero-order valence-electron chi connectivity index (χ0n) is 15.8. The molecule has 0 radical (unpaired) electrons. The molecule has 0 saturated carbocycles. The van der Waals surface area contributed by atoms with Gasteiger partial charge in [-0.05, 0) is 43.2 Å². The number of hydrogen-bond acceptors (Lipinski definition) is 4. The number of sulfonamides is 1. The Morgan fingerprint density at radius 1 is 1.21 bits per heavy atom. The van der Waals surface area contributed by atoms with Crippen molar-refractivity contribution in [2.24, 2.45) is 5.73 Å². The molecule has 1 atom stereocenters. The average molecular weight is 424 g/mol. The largest absolute Gasteiger partial charge is 0.366 e. The molecular formula is C19H22ClN3O4S. The summed E-state index contributed by atoms with van der Waals surface area (Å²) in [6.45, 7) is 3.49. The fraction of sp³-hybridized carbons (Fsp3) is 0.263. The van der Waals surface area contributed by atoms with Crippen molar-refractivity contribution in [2.45, 2.75) is 26.3 Å². The Kier molecular flexibility index (Phi) is 6.69. The number of para-hydroxylation sites is 1. The third-order valence-electron chi connectivity index (χ3n) is 4.19. The molecule has 0 aliphatic carbocycles. The van der Waals surface area contributed by atoms with E-state index in [4.69, 9.17) is 17.3 Å². The minimum absolute atomic E-state index is 0.134. The Morgan fingerprint density at radius 2 is 1.86 bits per heavy atom. The summed E-state index contributed by atoms with van der Waals surface area (Å²) in [5.74, 6) is -1.28. The fourth-order valence-corrected chi connectivity index (χ4v) is 4.18. The Bertz CT molecular complexity index is 1010. The van der Waals surface area contributed by atoms with E-state index in [9.17, 15) is 18.0 Å². The van der Waals surface area contributed by atoms with Gasteiger partial charge in [0, 0.05) is 5.02 Å². The van der Waals surface area contributed by atoms with Gasteiger partial charge < -0.3 is 11.1 Å². The van der Waals surface area contributed by atoms with Crippen molar-refractivity contribution >= 4 is 44.8 Å². The Balaban J connectivity index is 2.45. The summed E-state index contributed by atoms with van der Waals surface area (Å²) in [6.07, 6.45) is 1.22. The molecule has 0 saturated heterocycles. The Hall–Kier alpha value is -2.58. The number of carbonyl (C=O) groups excluding carboxylic acids is 2. The normalized spacial score (nSPS) is 12.3. The van der Waals surface area contributed by atoms with Crippen molar-refractivity contribution in [3.05, 3.63) is 58.6 Å². The lowest BCUT2D eigenvalue weighted by Gasteiger charge is -2.30. The number of nitrogens with one attached hydrogen (secondary N) is 1. The van der Waals surface area contributed by atoms with E-state index >= 15 is 0 Å². The molecule has 28 heavy (non-hydrogen) atoms. The maximum absolute atomic E-state index is 12.9. The van der Waals surface area contributed by atoms with Gasteiger partial charge in [0.1, 0.15) is 6.04 Å². The van der Waals surface area contributed by atoms with Gasteiger partial charge in [0.25, 0.3) is 5.91 Å². The molecule has 0 fully saturated rings. The molecule has 7 nitrogen and oxygen atoms in total. The van der Waals surface area contributed by atoms with Crippen molar-refractivity contribution in [1.82, 2.24) is 0 Å². The third kappa shape index (κ3) is 4.82. The van der Waals surface area contributed by atoms with Crippen LogP contribution in [0.15, 0.2) is 42.5 Å². The molecule has 0 aliphatic rings. The lowest BCUT2D eigenvalue weighted by atomic mass is 10.1. The third-order valence-corrected chi connectivity index (χ3v) is 5.78. The molecule has 3 N–H and O–H groups in total. The van der Waals surface area contributed by atoms with E-state index in [1.54, 1.807) is 38.1 Å². The number of anilines is 2. The van der Waals surface area contributed by atoms with E-state index in [2.05, 4.69) is 5.32 Å². The highest BCUT2D eigenvalue weighted by Crippen LogP contribution is 2.28. The number of amides is 2. The van der Waals surface area contributed by atoms with Crippen LogP contribution in [-0.4, -0.2) is 32.5 Å². The van der Waals surface area contributed by atoms with E-state index < -0.39 is 27.9 Å². The van der Waals surface area contributed by atoms with Crippen LogP contribution in [0.25, 0.3) is 0 Å². The van der Waals surface area contributed by atoms with Crippen LogP contribution in [0, 0.1) is 6.92 Å². The predicted octanol–water partition coefficient (Wildman–Crippen LogP) is 2.93. The first-order valence-corrected chi connectivity index (χ1v) is 10.7. The van der Waals surface area contributed by atoms with Gasteiger partial charge in [0.2, 0.25) is 15.9 Å². The summed E-state index contributed by atoms with van der Waals surface area (Å²) in [5.41, 5.74) is 6.75. The quantitative estimate of drug-likeness (QED) is 0.713. The Morgan fingerprint density at radius 3 is 2.39 bits per heavy atom. The van der Waals surface area contributed by atoms with Crippen molar-refractivity contribution in [1.29, 1.82) is 0 Å². The molecule has 0 aliphatic heterocycles. The minimum atomic E-state index is -3.80. The maximum Gasteiger partial charge on any atom is 0.250 e. The van der Waals surface area contributed by atoms with Crippen molar-refractivity contribution in [3.8, 4) is 0 Å². The van der Waals surface area contributed by atoms with Gasteiger partial charge in [-0.2, -0.15) is 0 Å². The van der Waals surface area contributed by atoms with Crippen molar-refractivity contribution in [3.63, 3.8) is 0 Å². The summed E-state index contributed by atoms with van der Waals surface area (Å²) in [7, 11) is -3.80. The Labute approximate surface area is 169 Å². The number of benzene rings is 2. The summed E-state index contributed by atoms with van der Waals surface area (Å²) >= 11 is 6.15. The molecule has 0 heterocycles. The molecule has 0 aromatic heterocycles. The molecule has 2 amide bonds. The van der Waals surface area contributed by atoms with Gasteiger partial charge in [-0.1, -0.05) is 36.7 Å².